The smallest absolute Gasteiger partial charge is 0.0277 e. The Morgan fingerprint density at radius 1 is 1.38 bits per heavy atom. The van der Waals surface area contributed by atoms with E-state index in [1.807, 2.05) is 0 Å². The molecule has 2 heteroatoms. The molecule has 0 aromatic rings. The minimum absolute atomic E-state index is 0.342. The topological polar surface area (TPSA) is 15.3 Å². The highest BCUT2D eigenvalue weighted by Gasteiger charge is 2.26. The van der Waals surface area contributed by atoms with Crippen LogP contribution in [0.4, 0.5) is 0 Å². The van der Waals surface area contributed by atoms with Gasteiger partial charge >= 0.3 is 0 Å². The summed E-state index contributed by atoms with van der Waals surface area (Å²) < 4.78 is 0. The van der Waals surface area contributed by atoms with Crippen molar-refractivity contribution in [3.63, 3.8) is 0 Å². The van der Waals surface area contributed by atoms with Gasteiger partial charge in [0.1, 0.15) is 0 Å². The normalized spacial score (nSPS) is 28.3. The third-order valence-electron chi connectivity index (χ3n) is 3.81. The Morgan fingerprint density at radius 2 is 2.12 bits per heavy atom. The quantitative estimate of drug-likeness (QED) is 0.775. The first-order chi connectivity index (χ1) is 7.56. The standard InChI is InChI=1S/C14H30N2/c1-5-14(4)12-16(11-7-9-15-14)10-6-8-13(2)3/h13,15H,5-12H2,1-4H3. The van der Waals surface area contributed by atoms with Crippen molar-refractivity contribution in [1.29, 1.82) is 0 Å². The molecule has 1 N–H and O–H groups in total. The minimum Gasteiger partial charge on any atom is -0.310 e. The van der Waals surface area contributed by atoms with Crippen LogP contribution in [-0.4, -0.2) is 36.6 Å². The van der Waals surface area contributed by atoms with Crippen molar-refractivity contribution in [3.8, 4) is 0 Å². The van der Waals surface area contributed by atoms with Crippen molar-refractivity contribution in [2.24, 2.45) is 5.92 Å². The third kappa shape index (κ3) is 4.84. The minimum atomic E-state index is 0.342. The predicted molar refractivity (Wildman–Crippen MR) is 71.8 cm³/mol. The van der Waals surface area contributed by atoms with Crippen molar-refractivity contribution in [1.82, 2.24) is 10.2 Å². The second kappa shape index (κ2) is 6.61. The van der Waals surface area contributed by atoms with Crippen molar-refractivity contribution in [3.05, 3.63) is 0 Å². The van der Waals surface area contributed by atoms with Crippen LogP contribution < -0.4 is 5.32 Å². The first kappa shape index (κ1) is 14.0. The van der Waals surface area contributed by atoms with Crippen LogP contribution in [0, 0.1) is 5.92 Å². The molecule has 96 valence electrons. The summed E-state index contributed by atoms with van der Waals surface area (Å²) in [6.45, 7) is 14.3. The summed E-state index contributed by atoms with van der Waals surface area (Å²) in [5.41, 5.74) is 0.342. The zero-order chi connectivity index (χ0) is 12.0. The highest BCUT2D eigenvalue weighted by Crippen LogP contribution is 2.16. The molecule has 1 heterocycles. The van der Waals surface area contributed by atoms with Crippen LogP contribution in [0.15, 0.2) is 0 Å². The summed E-state index contributed by atoms with van der Waals surface area (Å²) in [4.78, 5) is 2.66. The lowest BCUT2D eigenvalue weighted by atomic mass is 9.98. The van der Waals surface area contributed by atoms with Gasteiger partial charge in [0.05, 0.1) is 0 Å². The van der Waals surface area contributed by atoms with Gasteiger partial charge in [0, 0.05) is 12.1 Å². The molecule has 1 saturated heterocycles. The van der Waals surface area contributed by atoms with Gasteiger partial charge in [-0.25, -0.2) is 0 Å². The lowest BCUT2D eigenvalue weighted by Gasteiger charge is -2.32. The molecule has 1 aliphatic rings. The summed E-state index contributed by atoms with van der Waals surface area (Å²) in [5.74, 6) is 0.850. The summed E-state index contributed by atoms with van der Waals surface area (Å²) in [5, 5.41) is 3.70. The van der Waals surface area contributed by atoms with Crippen LogP contribution in [-0.2, 0) is 0 Å². The van der Waals surface area contributed by atoms with Crippen LogP contribution in [0.3, 0.4) is 0 Å². The van der Waals surface area contributed by atoms with Crippen LogP contribution >= 0.6 is 0 Å². The summed E-state index contributed by atoms with van der Waals surface area (Å²) in [7, 11) is 0. The van der Waals surface area contributed by atoms with Crippen molar-refractivity contribution in [2.45, 2.75) is 58.9 Å². The van der Waals surface area contributed by atoms with Gasteiger partial charge in [0.25, 0.3) is 0 Å². The summed E-state index contributed by atoms with van der Waals surface area (Å²) >= 11 is 0. The third-order valence-corrected chi connectivity index (χ3v) is 3.81. The molecule has 0 radical (unpaired) electrons. The maximum atomic E-state index is 3.70. The van der Waals surface area contributed by atoms with E-state index in [4.69, 9.17) is 0 Å². The molecule has 1 rings (SSSR count). The van der Waals surface area contributed by atoms with E-state index >= 15 is 0 Å². The number of nitrogens with zero attached hydrogens (tertiary/aromatic N) is 1. The highest BCUT2D eigenvalue weighted by atomic mass is 15.2. The molecule has 16 heavy (non-hydrogen) atoms. The van der Waals surface area contributed by atoms with Gasteiger partial charge in [-0.05, 0) is 58.2 Å². The maximum absolute atomic E-state index is 3.70. The molecule has 0 aromatic heterocycles. The predicted octanol–water partition coefficient (Wildman–Crippen LogP) is 2.89. The molecule has 1 fully saturated rings. The second-order valence-corrected chi connectivity index (χ2v) is 6.01. The number of hydrogen-bond donors (Lipinski definition) is 1. The van der Waals surface area contributed by atoms with Crippen LogP contribution in [0.5, 0.6) is 0 Å². The zero-order valence-corrected chi connectivity index (χ0v) is 11.7. The largest absolute Gasteiger partial charge is 0.310 e. The molecule has 0 aromatic carbocycles. The zero-order valence-electron chi connectivity index (χ0n) is 11.7. The SMILES string of the molecule is CCC1(C)CN(CCCC(C)C)CCCN1. The first-order valence-electron chi connectivity index (χ1n) is 7.03. The molecule has 1 aliphatic heterocycles. The van der Waals surface area contributed by atoms with E-state index < -0.39 is 0 Å². The number of nitrogens with one attached hydrogen (secondary N) is 1. The molecule has 1 unspecified atom stereocenters. The maximum Gasteiger partial charge on any atom is 0.0277 e. The molecular formula is C14H30N2. The average Bonchev–Trinajstić information content (AvgIpc) is 2.41. The molecule has 0 amide bonds. The van der Waals surface area contributed by atoms with Gasteiger partial charge in [0.2, 0.25) is 0 Å². The summed E-state index contributed by atoms with van der Waals surface area (Å²) in [6, 6.07) is 0. The van der Waals surface area contributed by atoms with Crippen LogP contribution in [0.2, 0.25) is 0 Å². The lowest BCUT2D eigenvalue weighted by Crippen LogP contribution is -2.48. The van der Waals surface area contributed by atoms with Crippen LogP contribution in [0.25, 0.3) is 0 Å². The number of hydrogen-bond acceptors (Lipinski definition) is 2. The van der Waals surface area contributed by atoms with E-state index in [0.717, 1.165) is 5.92 Å². The van der Waals surface area contributed by atoms with Crippen molar-refractivity contribution >= 4 is 0 Å². The van der Waals surface area contributed by atoms with Gasteiger partial charge < -0.3 is 10.2 Å². The lowest BCUT2D eigenvalue weighted by molar-refractivity contribution is 0.209. The molecule has 2 nitrogen and oxygen atoms in total. The fourth-order valence-electron chi connectivity index (χ4n) is 2.47. The molecule has 0 aliphatic carbocycles. The first-order valence-corrected chi connectivity index (χ1v) is 7.03. The number of rotatable bonds is 5. The Morgan fingerprint density at radius 3 is 2.75 bits per heavy atom. The monoisotopic (exact) mass is 226 g/mol. The van der Waals surface area contributed by atoms with E-state index in [2.05, 4.69) is 37.9 Å². The van der Waals surface area contributed by atoms with E-state index in [-0.39, 0.29) is 0 Å². The van der Waals surface area contributed by atoms with Crippen molar-refractivity contribution in [2.75, 3.05) is 26.2 Å². The highest BCUT2D eigenvalue weighted by molar-refractivity contribution is 4.87. The average molecular weight is 226 g/mol. The van der Waals surface area contributed by atoms with Gasteiger partial charge in [-0.2, -0.15) is 0 Å². The Balaban J connectivity index is 2.34. The Labute approximate surface area is 102 Å². The van der Waals surface area contributed by atoms with E-state index in [9.17, 15) is 0 Å². The van der Waals surface area contributed by atoms with Gasteiger partial charge in [0.15, 0.2) is 0 Å². The molecule has 1 atom stereocenters. The second-order valence-electron chi connectivity index (χ2n) is 6.01. The summed E-state index contributed by atoms with van der Waals surface area (Å²) in [6.07, 6.45) is 5.26. The molecule has 0 bridgehead atoms. The van der Waals surface area contributed by atoms with Crippen LogP contribution in [0.1, 0.15) is 53.4 Å². The van der Waals surface area contributed by atoms with E-state index in [1.54, 1.807) is 0 Å². The van der Waals surface area contributed by atoms with Crippen molar-refractivity contribution < 1.29 is 0 Å². The molecule has 0 saturated carbocycles. The van der Waals surface area contributed by atoms with Gasteiger partial charge in [-0.15, -0.1) is 0 Å². The van der Waals surface area contributed by atoms with E-state index in [0.29, 0.717) is 5.54 Å². The van der Waals surface area contributed by atoms with Gasteiger partial charge in [-0.1, -0.05) is 20.8 Å². The van der Waals surface area contributed by atoms with Gasteiger partial charge in [-0.3, -0.25) is 0 Å². The fourth-order valence-corrected chi connectivity index (χ4v) is 2.47. The Kier molecular flexibility index (Phi) is 5.77. The Hall–Kier alpha value is -0.0800. The molecular weight excluding hydrogens is 196 g/mol. The molecule has 0 spiro atoms. The van der Waals surface area contributed by atoms with E-state index in [1.165, 1.54) is 51.9 Å². The Bertz CT molecular complexity index is 191. The fraction of sp³-hybridized carbons (Fsp3) is 1.00.